The van der Waals surface area contributed by atoms with E-state index in [1.807, 2.05) is 55.8 Å². The molecule has 0 radical (unpaired) electrons. The van der Waals surface area contributed by atoms with Gasteiger partial charge in [0.25, 0.3) is 5.91 Å². The minimum Gasteiger partial charge on any atom is -0.349 e. The number of amides is 1. The van der Waals surface area contributed by atoms with E-state index in [0.717, 1.165) is 40.3 Å². The number of nitrogens with zero attached hydrogens (tertiary/aromatic N) is 4. The fourth-order valence-corrected chi connectivity index (χ4v) is 4.73. The highest BCUT2D eigenvalue weighted by molar-refractivity contribution is 7.03. The number of carbonyl (C=O) groups is 1. The topological polar surface area (TPSA) is 96.2 Å². The Hall–Kier alpha value is -3.46. The van der Waals surface area contributed by atoms with E-state index in [1.54, 1.807) is 6.21 Å². The zero-order valence-corrected chi connectivity index (χ0v) is 17.5. The van der Waals surface area contributed by atoms with Crippen molar-refractivity contribution in [3.63, 3.8) is 0 Å². The fraction of sp³-hybridized carbons (Fsp3) is 0.238. The van der Waals surface area contributed by atoms with Crippen molar-refractivity contribution in [1.82, 2.24) is 24.8 Å². The predicted octanol–water partition coefficient (Wildman–Crippen LogP) is 2.78. The van der Waals surface area contributed by atoms with Crippen LogP contribution in [0.4, 0.5) is 5.69 Å². The SMILES string of the molecule is Cc1c(C2(Nc3ccc(-c4csnn4)cc3)N=CC=CN2)c(C)n2c1C(=O)NCC2. The molecule has 1 atom stereocenters. The van der Waals surface area contributed by atoms with Gasteiger partial charge in [0.1, 0.15) is 11.4 Å². The highest BCUT2D eigenvalue weighted by atomic mass is 32.1. The number of allylic oxidation sites excluding steroid dienone is 1. The van der Waals surface area contributed by atoms with Crippen LogP contribution in [0.25, 0.3) is 11.3 Å². The van der Waals surface area contributed by atoms with E-state index in [0.29, 0.717) is 12.2 Å². The number of hydrogen-bond donors (Lipinski definition) is 3. The molecule has 0 fully saturated rings. The predicted molar refractivity (Wildman–Crippen MR) is 118 cm³/mol. The molecule has 4 heterocycles. The van der Waals surface area contributed by atoms with Gasteiger partial charge in [-0.3, -0.25) is 4.79 Å². The first-order chi connectivity index (χ1) is 14.6. The molecule has 3 N–H and O–H groups in total. The number of benzene rings is 1. The van der Waals surface area contributed by atoms with Crippen LogP contribution in [0, 0.1) is 13.8 Å². The van der Waals surface area contributed by atoms with Crippen molar-refractivity contribution in [1.29, 1.82) is 0 Å². The Kier molecular flexibility index (Phi) is 4.39. The summed E-state index contributed by atoms with van der Waals surface area (Å²) in [6, 6.07) is 8.01. The Morgan fingerprint density at radius 3 is 2.73 bits per heavy atom. The molecule has 0 aliphatic carbocycles. The van der Waals surface area contributed by atoms with E-state index in [4.69, 9.17) is 4.99 Å². The molecule has 152 valence electrons. The Morgan fingerprint density at radius 1 is 1.23 bits per heavy atom. The fourth-order valence-electron chi connectivity index (χ4n) is 4.26. The van der Waals surface area contributed by atoms with Crippen LogP contribution in [0.1, 0.15) is 27.3 Å². The first-order valence-electron chi connectivity index (χ1n) is 9.71. The van der Waals surface area contributed by atoms with Gasteiger partial charge in [-0.25, -0.2) is 4.99 Å². The third-order valence-electron chi connectivity index (χ3n) is 5.57. The van der Waals surface area contributed by atoms with Gasteiger partial charge >= 0.3 is 0 Å². The summed E-state index contributed by atoms with van der Waals surface area (Å²) >= 11 is 1.33. The van der Waals surface area contributed by atoms with E-state index in [2.05, 4.69) is 30.1 Å². The average Bonchev–Trinajstić information content (AvgIpc) is 3.37. The first-order valence-corrected chi connectivity index (χ1v) is 10.5. The van der Waals surface area contributed by atoms with Crippen molar-refractivity contribution >= 4 is 29.3 Å². The maximum absolute atomic E-state index is 12.5. The lowest BCUT2D eigenvalue weighted by Crippen LogP contribution is -2.47. The van der Waals surface area contributed by atoms with E-state index >= 15 is 0 Å². The first kappa shape index (κ1) is 18.6. The van der Waals surface area contributed by atoms with Gasteiger partial charge in [0.2, 0.25) is 5.79 Å². The van der Waals surface area contributed by atoms with Crippen LogP contribution in [0.3, 0.4) is 0 Å². The molecule has 1 unspecified atom stereocenters. The van der Waals surface area contributed by atoms with Crippen molar-refractivity contribution < 1.29 is 4.79 Å². The van der Waals surface area contributed by atoms with Gasteiger partial charge in [-0.05, 0) is 49.2 Å². The van der Waals surface area contributed by atoms with Gasteiger partial charge in [0.05, 0.1) is 0 Å². The van der Waals surface area contributed by atoms with Gasteiger partial charge in [0, 0.05) is 53.4 Å². The summed E-state index contributed by atoms with van der Waals surface area (Å²) in [7, 11) is 0. The van der Waals surface area contributed by atoms with Crippen molar-refractivity contribution in [2.24, 2.45) is 4.99 Å². The number of aliphatic imine (C=N–C) groups is 1. The molecule has 3 aromatic rings. The van der Waals surface area contributed by atoms with Gasteiger partial charge in [0.15, 0.2) is 0 Å². The number of nitrogens with one attached hydrogen (secondary N) is 3. The second kappa shape index (κ2) is 7.10. The normalized spacial score (nSPS) is 19.9. The van der Waals surface area contributed by atoms with Crippen molar-refractivity contribution in [3.8, 4) is 11.3 Å². The van der Waals surface area contributed by atoms with Crippen LogP contribution < -0.4 is 16.0 Å². The van der Waals surface area contributed by atoms with Crippen LogP contribution in [-0.4, -0.2) is 32.8 Å². The van der Waals surface area contributed by atoms with Crippen molar-refractivity contribution in [2.75, 3.05) is 11.9 Å². The molecule has 2 aliphatic rings. The molecule has 2 aliphatic heterocycles. The number of hydrogen-bond acceptors (Lipinski definition) is 7. The Bertz CT molecular complexity index is 1160. The zero-order valence-electron chi connectivity index (χ0n) is 16.6. The number of rotatable bonds is 4. The summed E-state index contributed by atoms with van der Waals surface area (Å²) in [5.41, 5.74) is 6.37. The molecular weight excluding hydrogens is 398 g/mol. The molecular formula is C21H21N7OS. The molecule has 0 saturated heterocycles. The quantitative estimate of drug-likeness (QED) is 0.604. The Labute approximate surface area is 177 Å². The summed E-state index contributed by atoms with van der Waals surface area (Å²) in [6.45, 7) is 5.40. The maximum Gasteiger partial charge on any atom is 0.268 e. The molecule has 1 aromatic carbocycles. The number of anilines is 1. The van der Waals surface area contributed by atoms with E-state index in [-0.39, 0.29) is 5.91 Å². The van der Waals surface area contributed by atoms with Gasteiger partial charge < -0.3 is 20.5 Å². The molecule has 0 spiro atoms. The minimum atomic E-state index is -0.906. The van der Waals surface area contributed by atoms with Crippen LogP contribution in [-0.2, 0) is 12.3 Å². The van der Waals surface area contributed by atoms with E-state index < -0.39 is 5.79 Å². The highest BCUT2D eigenvalue weighted by Crippen LogP contribution is 2.36. The second-order valence-corrected chi connectivity index (χ2v) is 7.94. The smallest absolute Gasteiger partial charge is 0.268 e. The summed E-state index contributed by atoms with van der Waals surface area (Å²) in [6.07, 6.45) is 5.49. The molecule has 9 heteroatoms. The van der Waals surface area contributed by atoms with Gasteiger partial charge in [-0.2, -0.15) is 0 Å². The zero-order chi connectivity index (χ0) is 20.7. The molecule has 0 bridgehead atoms. The third kappa shape index (κ3) is 2.89. The van der Waals surface area contributed by atoms with Crippen molar-refractivity contribution in [2.45, 2.75) is 26.2 Å². The van der Waals surface area contributed by atoms with Crippen molar-refractivity contribution in [3.05, 3.63) is 64.4 Å². The van der Waals surface area contributed by atoms with E-state index in [1.165, 1.54) is 11.5 Å². The molecule has 30 heavy (non-hydrogen) atoms. The minimum absolute atomic E-state index is 0.0418. The average molecular weight is 420 g/mol. The largest absolute Gasteiger partial charge is 0.349 e. The maximum atomic E-state index is 12.5. The summed E-state index contributed by atoms with van der Waals surface area (Å²) in [4.78, 5) is 17.3. The number of fused-ring (bicyclic) bond motifs is 1. The summed E-state index contributed by atoms with van der Waals surface area (Å²) < 4.78 is 6.01. The lowest BCUT2D eigenvalue weighted by Gasteiger charge is -2.34. The monoisotopic (exact) mass is 419 g/mol. The summed E-state index contributed by atoms with van der Waals surface area (Å²) in [5.74, 6) is -0.947. The lowest BCUT2D eigenvalue weighted by molar-refractivity contribution is 0.0926. The van der Waals surface area contributed by atoms with Crippen LogP contribution >= 0.6 is 11.5 Å². The Morgan fingerprint density at radius 2 is 2.07 bits per heavy atom. The lowest BCUT2D eigenvalue weighted by atomic mass is 10.0. The number of carbonyl (C=O) groups excluding carboxylic acids is 1. The van der Waals surface area contributed by atoms with E-state index in [9.17, 15) is 4.79 Å². The second-order valence-electron chi connectivity index (χ2n) is 7.33. The molecule has 1 amide bonds. The molecule has 8 nitrogen and oxygen atoms in total. The van der Waals surface area contributed by atoms with Gasteiger partial charge in [-0.1, -0.05) is 16.6 Å². The van der Waals surface area contributed by atoms with Crippen LogP contribution in [0.2, 0.25) is 0 Å². The molecule has 5 rings (SSSR count). The van der Waals surface area contributed by atoms with Crippen LogP contribution in [0.15, 0.2) is 46.9 Å². The highest BCUT2D eigenvalue weighted by Gasteiger charge is 2.39. The molecule has 0 saturated carbocycles. The number of aromatic nitrogens is 3. The Balaban J connectivity index is 1.56. The standard InChI is InChI=1S/C21H21N7OS/c1-13-18(14(2)28-11-10-22-20(29)19(13)28)21(23-8-3-9-24-21)25-16-6-4-15(5-7-16)17-12-30-27-26-17/h3-9,12,23,25H,10-11H2,1-2H3,(H,22,29). The third-order valence-corrected chi connectivity index (χ3v) is 6.08. The molecule has 2 aromatic heterocycles. The van der Waals surface area contributed by atoms with Gasteiger partial charge in [-0.15, -0.1) is 5.10 Å². The summed E-state index contributed by atoms with van der Waals surface area (Å²) in [5, 5.41) is 15.9. The van der Waals surface area contributed by atoms with Crippen LogP contribution in [0.5, 0.6) is 0 Å².